The van der Waals surface area contributed by atoms with Gasteiger partial charge in [-0.25, -0.2) is 0 Å². The van der Waals surface area contributed by atoms with Gasteiger partial charge < -0.3 is 5.11 Å². The molecule has 1 N–H and O–H groups in total. The highest BCUT2D eigenvalue weighted by Gasteiger charge is 2.30. The number of aromatic hydroxyl groups is 1. The van der Waals surface area contributed by atoms with Crippen LogP contribution in [0.3, 0.4) is 0 Å². The predicted octanol–water partition coefficient (Wildman–Crippen LogP) is 3.84. The zero-order valence-electron chi connectivity index (χ0n) is 12.7. The van der Waals surface area contributed by atoms with Crippen molar-refractivity contribution in [3.05, 3.63) is 59.2 Å². The summed E-state index contributed by atoms with van der Waals surface area (Å²) in [4.78, 5) is 11.3. The Kier molecular flexibility index (Phi) is 3.67. The van der Waals surface area contributed by atoms with Crippen molar-refractivity contribution < 1.29 is 9.90 Å². The molecular weight excluding hydrogens is 276 g/mol. The summed E-state index contributed by atoms with van der Waals surface area (Å²) >= 11 is 0. The quantitative estimate of drug-likeness (QED) is 0.875. The van der Waals surface area contributed by atoms with E-state index < -0.39 is 0 Å². The smallest absolute Gasteiger partial charge is 0.152 e. The van der Waals surface area contributed by atoms with Gasteiger partial charge in [0.2, 0.25) is 0 Å². The normalized spacial score (nSPS) is 17.5. The van der Waals surface area contributed by atoms with Crippen LogP contribution in [0.5, 0.6) is 5.75 Å². The molecule has 2 aromatic carbocycles. The maximum Gasteiger partial charge on any atom is 0.152 e. The SMILES string of the molecule is CC1=NN(c2ccccc2C=O)C(c2cccc(C)c2O)C1. The highest BCUT2D eigenvalue weighted by molar-refractivity contribution is 5.90. The summed E-state index contributed by atoms with van der Waals surface area (Å²) in [6, 6.07) is 13.0. The number of anilines is 1. The van der Waals surface area contributed by atoms with Crippen molar-refractivity contribution in [2.75, 3.05) is 5.01 Å². The number of phenolic OH excluding ortho intramolecular Hbond substituents is 1. The number of phenols is 1. The minimum atomic E-state index is -0.0963. The summed E-state index contributed by atoms with van der Waals surface area (Å²) in [6.07, 6.45) is 1.57. The lowest BCUT2D eigenvalue weighted by Crippen LogP contribution is -2.20. The average molecular weight is 294 g/mol. The van der Waals surface area contributed by atoms with E-state index in [1.807, 2.05) is 55.3 Å². The molecule has 112 valence electrons. The number of carbonyl (C=O) groups is 1. The minimum absolute atomic E-state index is 0.0963. The zero-order chi connectivity index (χ0) is 15.7. The Morgan fingerprint density at radius 1 is 1.18 bits per heavy atom. The molecule has 0 saturated heterocycles. The number of aryl methyl sites for hydroxylation is 1. The van der Waals surface area contributed by atoms with Gasteiger partial charge in [0, 0.05) is 23.3 Å². The summed E-state index contributed by atoms with van der Waals surface area (Å²) in [5.74, 6) is 0.297. The molecule has 1 heterocycles. The molecule has 2 aromatic rings. The second-order valence-electron chi connectivity index (χ2n) is 5.59. The van der Waals surface area contributed by atoms with Gasteiger partial charge in [-0.05, 0) is 31.5 Å². The van der Waals surface area contributed by atoms with Crippen LogP contribution in [0, 0.1) is 6.92 Å². The Bertz CT molecular complexity index is 753. The van der Waals surface area contributed by atoms with Gasteiger partial charge in [0.05, 0.1) is 11.7 Å². The number of hydrazone groups is 1. The molecule has 0 radical (unpaired) electrons. The molecule has 1 aliphatic rings. The van der Waals surface area contributed by atoms with Crippen molar-refractivity contribution in [2.24, 2.45) is 5.10 Å². The first-order chi connectivity index (χ1) is 10.6. The largest absolute Gasteiger partial charge is 0.507 e. The Morgan fingerprint density at radius 2 is 1.95 bits per heavy atom. The van der Waals surface area contributed by atoms with Crippen molar-refractivity contribution in [3.63, 3.8) is 0 Å². The minimum Gasteiger partial charge on any atom is -0.507 e. The number of nitrogens with zero attached hydrogens (tertiary/aromatic N) is 2. The van der Waals surface area contributed by atoms with Crippen LogP contribution in [-0.4, -0.2) is 17.1 Å². The molecule has 0 fully saturated rings. The highest BCUT2D eigenvalue weighted by Crippen LogP contribution is 2.40. The molecule has 0 saturated carbocycles. The lowest BCUT2D eigenvalue weighted by molar-refractivity contribution is 0.112. The van der Waals surface area contributed by atoms with Gasteiger partial charge in [0.15, 0.2) is 6.29 Å². The molecule has 4 nitrogen and oxygen atoms in total. The van der Waals surface area contributed by atoms with E-state index in [2.05, 4.69) is 5.10 Å². The fraction of sp³-hybridized carbons (Fsp3) is 0.222. The monoisotopic (exact) mass is 294 g/mol. The fourth-order valence-electron chi connectivity index (χ4n) is 2.87. The molecule has 4 heteroatoms. The van der Waals surface area contributed by atoms with Gasteiger partial charge in [-0.3, -0.25) is 9.80 Å². The molecule has 22 heavy (non-hydrogen) atoms. The van der Waals surface area contributed by atoms with Crippen LogP contribution in [0.15, 0.2) is 47.6 Å². The zero-order valence-corrected chi connectivity index (χ0v) is 12.7. The number of hydrogen-bond donors (Lipinski definition) is 1. The second-order valence-corrected chi connectivity index (χ2v) is 5.59. The Labute approximate surface area is 129 Å². The van der Waals surface area contributed by atoms with Gasteiger partial charge in [-0.15, -0.1) is 0 Å². The number of para-hydroxylation sites is 2. The first-order valence-electron chi connectivity index (χ1n) is 7.28. The number of aldehydes is 1. The predicted molar refractivity (Wildman–Crippen MR) is 87.6 cm³/mol. The molecule has 3 rings (SSSR count). The van der Waals surface area contributed by atoms with Crippen molar-refractivity contribution in [1.29, 1.82) is 0 Å². The van der Waals surface area contributed by atoms with Gasteiger partial charge in [0.1, 0.15) is 5.75 Å². The number of benzene rings is 2. The van der Waals surface area contributed by atoms with Crippen LogP contribution >= 0.6 is 0 Å². The van der Waals surface area contributed by atoms with Gasteiger partial charge >= 0.3 is 0 Å². The van der Waals surface area contributed by atoms with Crippen LogP contribution < -0.4 is 5.01 Å². The summed E-state index contributed by atoms with van der Waals surface area (Å²) in [6.45, 7) is 3.84. The third kappa shape index (κ3) is 2.37. The Balaban J connectivity index is 2.09. The van der Waals surface area contributed by atoms with E-state index in [9.17, 15) is 9.90 Å². The van der Waals surface area contributed by atoms with E-state index in [0.717, 1.165) is 35.2 Å². The van der Waals surface area contributed by atoms with E-state index in [1.165, 1.54) is 0 Å². The fourth-order valence-corrected chi connectivity index (χ4v) is 2.87. The number of rotatable bonds is 3. The van der Waals surface area contributed by atoms with Gasteiger partial charge in [0.25, 0.3) is 0 Å². The second kappa shape index (κ2) is 5.64. The molecule has 0 amide bonds. The summed E-state index contributed by atoms with van der Waals surface area (Å²) in [7, 11) is 0. The van der Waals surface area contributed by atoms with Crippen molar-refractivity contribution in [1.82, 2.24) is 0 Å². The summed E-state index contributed by atoms with van der Waals surface area (Å²) < 4.78 is 0. The first kappa shape index (κ1) is 14.3. The van der Waals surface area contributed by atoms with Crippen LogP contribution in [-0.2, 0) is 0 Å². The van der Waals surface area contributed by atoms with E-state index >= 15 is 0 Å². The summed E-state index contributed by atoms with van der Waals surface area (Å²) in [5.41, 5.74) is 4.01. The molecule has 1 unspecified atom stereocenters. The Morgan fingerprint density at radius 3 is 2.73 bits per heavy atom. The molecule has 0 aromatic heterocycles. The molecule has 1 aliphatic heterocycles. The van der Waals surface area contributed by atoms with Crippen molar-refractivity contribution in [3.8, 4) is 5.75 Å². The standard InChI is InChI=1S/C18H18N2O2/c1-12-6-5-8-15(18(12)22)17-10-13(2)19-20(17)16-9-4-3-7-14(16)11-21/h3-9,11,17,22H,10H2,1-2H3. The van der Waals surface area contributed by atoms with Crippen LogP contribution in [0.25, 0.3) is 0 Å². The molecule has 0 spiro atoms. The average Bonchev–Trinajstić information content (AvgIpc) is 2.91. The summed E-state index contributed by atoms with van der Waals surface area (Å²) in [5, 5.41) is 16.8. The maximum absolute atomic E-state index is 11.3. The van der Waals surface area contributed by atoms with E-state index in [4.69, 9.17) is 0 Å². The third-order valence-corrected chi connectivity index (χ3v) is 4.00. The van der Waals surface area contributed by atoms with Gasteiger partial charge in [-0.2, -0.15) is 5.10 Å². The molecule has 0 bridgehead atoms. The van der Waals surface area contributed by atoms with Crippen molar-refractivity contribution >= 4 is 17.7 Å². The van der Waals surface area contributed by atoms with Crippen LogP contribution in [0.1, 0.15) is 40.9 Å². The number of hydrogen-bond acceptors (Lipinski definition) is 4. The van der Waals surface area contributed by atoms with Gasteiger partial charge in [-0.1, -0.05) is 30.3 Å². The van der Waals surface area contributed by atoms with Crippen molar-refractivity contribution in [2.45, 2.75) is 26.3 Å². The van der Waals surface area contributed by atoms with E-state index in [0.29, 0.717) is 11.3 Å². The lowest BCUT2D eigenvalue weighted by atomic mass is 9.98. The van der Waals surface area contributed by atoms with E-state index in [-0.39, 0.29) is 6.04 Å². The molecular formula is C18H18N2O2. The maximum atomic E-state index is 11.3. The van der Waals surface area contributed by atoms with Crippen LogP contribution in [0.4, 0.5) is 5.69 Å². The first-order valence-corrected chi connectivity index (χ1v) is 7.28. The Hall–Kier alpha value is -2.62. The lowest BCUT2D eigenvalue weighted by Gasteiger charge is -2.26. The third-order valence-electron chi connectivity index (χ3n) is 4.00. The van der Waals surface area contributed by atoms with Crippen LogP contribution in [0.2, 0.25) is 0 Å². The number of carbonyl (C=O) groups excluding carboxylic acids is 1. The molecule has 1 atom stereocenters. The highest BCUT2D eigenvalue weighted by atomic mass is 16.3. The topological polar surface area (TPSA) is 52.9 Å². The van der Waals surface area contributed by atoms with E-state index in [1.54, 1.807) is 6.07 Å². The molecule has 0 aliphatic carbocycles.